The number of rotatable bonds is 8. The van der Waals surface area contributed by atoms with Gasteiger partial charge in [0.2, 0.25) is 0 Å². The van der Waals surface area contributed by atoms with Crippen molar-refractivity contribution in [3.8, 4) is 6.07 Å². The molecule has 2 aliphatic rings. The highest BCUT2D eigenvalue weighted by atomic mass is 35.5. The van der Waals surface area contributed by atoms with Crippen molar-refractivity contribution in [2.75, 3.05) is 26.3 Å². The van der Waals surface area contributed by atoms with Crippen molar-refractivity contribution < 1.29 is 4.39 Å². The minimum Gasteiger partial charge on any atom is -0.303 e. The summed E-state index contributed by atoms with van der Waals surface area (Å²) in [7, 11) is 0. The quantitative estimate of drug-likeness (QED) is 0.321. The Morgan fingerprint density at radius 2 is 1.78 bits per heavy atom. The maximum Gasteiger partial charge on any atom is 0.0906 e. The van der Waals surface area contributed by atoms with E-state index in [1.807, 2.05) is 12.1 Å². The molecular formula is C32H32ClFN2. The van der Waals surface area contributed by atoms with Gasteiger partial charge >= 0.3 is 0 Å². The Morgan fingerprint density at radius 3 is 2.56 bits per heavy atom. The molecule has 0 radical (unpaired) electrons. The lowest BCUT2D eigenvalue weighted by atomic mass is 9.85. The van der Waals surface area contributed by atoms with E-state index in [9.17, 15) is 9.65 Å². The normalized spacial score (nSPS) is 16.2. The number of halogens is 2. The molecule has 0 N–H and O–H groups in total. The van der Waals surface area contributed by atoms with E-state index >= 15 is 0 Å². The van der Waals surface area contributed by atoms with E-state index in [4.69, 9.17) is 11.6 Å². The van der Waals surface area contributed by atoms with E-state index in [0.29, 0.717) is 23.8 Å². The largest absolute Gasteiger partial charge is 0.303 e. The van der Waals surface area contributed by atoms with Crippen LogP contribution in [-0.4, -0.2) is 31.2 Å². The second-order valence-electron chi connectivity index (χ2n) is 10.1. The molecule has 0 saturated carbocycles. The molecule has 0 unspecified atom stereocenters. The third kappa shape index (κ3) is 5.41. The zero-order valence-electron chi connectivity index (χ0n) is 20.6. The van der Waals surface area contributed by atoms with Crippen molar-refractivity contribution in [2.45, 2.75) is 38.5 Å². The molecule has 2 nitrogen and oxygen atoms in total. The van der Waals surface area contributed by atoms with Gasteiger partial charge in [-0.2, -0.15) is 5.26 Å². The summed E-state index contributed by atoms with van der Waals surface area (Å²) < 4.78 is 12.4. The van der Waals surface area contributed by atoms with Gasteiger partial charge in [0.1, 0.15) is 0 Å². The van der Waals surface area contributed by atoms with Crippen molar-refractivity contribution in [3.05, 3.63) is 105 Å². The van der Waals surface area contributed by atoms with E-state index in [-0.39, 0.29) is 6.67 Å². The van der Waals surface area contributed by atoms with Crippen LogP contribution in [0.2, 0.25) is 5.02 Å². The number of hydrogen-bond donors (Lipinski definition) is 0. The zero-order chi connectivity index (χ0) is 24.9. The van der Waals surface area contributed by atoms with E-state index in [1.54, 1.807) is 0 Å². The average Bonchev–Trinajstić information content (AvgIpc) is 3.06. The van der Waals surface area contributed by atoms with Crippen LogP contribution in [0.1, 0.15) is 52.6 Å². The molecule has 1 fully saturated rings. The monoisotopic (exact) mass is 498 g/mol. The molecule has 1 aliphatic carbocycles. The summed E-state index contributed by atoms with van der Waals surface area (Å²) in [5.41, 5.74) is 9.96. The summed E-state index contributed by atoms with van der Waals surface area (Å²) in [5.74, 6) is 0.659. The minimum absolute atomic E-state index is 0.225. The third-order valence-electron chi connectivity index (χ3n) is 7.53. The van der Waals surface area contributed by atoms with Gasteiger partial charge in [-0.3, -0.25) is 4.39 Å². The first-order valence-corrected chi connectivity index (χ1v) is 13.4. The molecule has 1 aliphatic heterocycles. The van der Waals surface area contributed by atoms with Gasteiger partial charge < -0.3 is 4.90 Å². The molecule has 0 atom stereocenters. The van der Waals surface area contributed by atoms with Gasteiger partial charge in [-0.15, -0.1) is 0 Å². The molecule has 3 aromatic carbocycles. The molecule has 4 heteroatoms. The van der Waals surface area contributed by atoms with Crippen LogP contribution in [0.25, 0.3) is 11.1 Å². The van der Waals surface area contributed by atoms with Crippen LogP contribution in [0, 0.1) is 17.2 Å². The lowest BCUT2D eigenvalue weighted by molar-refractivity contribution is 0.0968. The minimum atomic E-state index is -0.225. The highest BCUT2D eigenvalue weighted by molar-refractivity contribution is 6.30. The zero-order valence-corrected chi connectivity index (χ0v) is 21.4. The summed E-state index contributed by atoms with van der Waals surface area (Å²) in [6.45, 7) is 2.80. The number of nitriles is 1. The van der Waals surface area contributed by atoms with Crippen LogP contribution in [0.15, 0.2) is 66.7 Å². The second-order valence-corrected chi connectivity index (χ2v) is 10.5. The molecule has 1 saturated heterocycles. The van der Waals surface area contributed by atoms with Crippen molar-refractivity contribution in [1.29, 1.82) is 5.26 Å². The fraction of sp³-hybridized carbons (Fsp3) is 0.344. The van der Waals surface area contributed by atoms with Gasteiger partial charge in [-0.05, 0) is 94.7 Å². The van der Waals surface area contributed by atoms with E-state index in [2.05, 4.69) is 65.6 Å². The lowest BCUT2D eigenvalue weighted by Gasteiger charge is -2.39. The SMILES string of the molecule is N#CCc1cc(Cl)ccc1C1=C(c2ccc(CC3CN(CCCF)C3)cc2)c2ccccc2CCC1. The van der Waals surface area contributed by atoms with Crippen LogP contribution < -0.4 is 0 Å². The first-order chi connectivity index (χ1) is 17.7. The fourth-order valence-corrected chi connectivity index (χ4v) is 6.02. The van der Waals surface area contributed by atoms with Crippen molar-refractivity contribution in [1.82, 2.24) is 4.90 Å². The number of allylic oxidation sites excluding steroid dienone is 1. The highest BCUT2D eigenvalue weighted by Gasteiger charge is 2.26. The van der Waals surface area contributed by atoms with Crippen LogP contribution in [0.3, 0.4) is 0 Å². The van der Waals surface area contributed by atoms with Crippen molar-refractivity contribution in [2.24, 2.45) is 5.92 Å². The van der Waals surface area contributed by atoms with Crippen molar-refractivity contribution >= 4 is 22.7 Å². The van der Waals surface area contributed by atoms with Gasteiger partial charge in [0, 0.05) is 24.7 Å². The number of aryl methyl sites for hydroxylation is 1. The molecule has 3 aromatic rings. The Labute approximate surface area is 219 Å². The number of hydrogen-bond acceptors (Lipinski definition) is 2. The number of benzene rings is 3. The van der Waals surface area contributed by atoms with E-state index < -0.39 is 0 Å². The highest BCUT2D eigenvalue weighted by Crippen LogP contribution is 2.41. The Balaban J connectivity index is 1.50. The standard InChI is InChI=1S/C32H32ClFN2/c33-28-13-14-29(27(20-28)15-17-35)31-8-3-6-25-5-1-2-7-30(25)32(31)26-11-9-23(10-12-26)19-24-21-36(22-24)18-4-16-34/h1-2,5,7,9-14,20,24H,3-4,6,8,15-16,18-19,21-22H2. The molecule has 0 aromatic heterocycles. The molecule has 1 heterocycles. The van der Waals surface area contributed by atoms with Gasteiger partial charge in [0.25, 0.3) is 0 Å². The van der Waals surface area contributed by atoms with E-state index in [1.165, 1.54) is 33.4 Å². The van der Waals surface area contributed by atoms with Crippen LogP contribution in [0.4, 0.5) is 4.39 Å². The first kappa shape index (κ1) is 24.8. The molecular weight excluding hydrogens is 467 g/mol. The summed E-state index contributed by atoms with van der Waals surface area (Å²) in [6, 6.07) is 26.1. The summed E-state index contributed by atoms with van der Waals surface area (Å²) in [5, 5.41) is 10.2. The summed E-state index contributed by atoms with van der Waals surface area (Å²) >= 11 is 6.32. The molecule has 184 valence electrons. The number of alkyl halides is 1. The van der Waals surface area contributed by atoms with Crippen LogP contribution >= 0.6 is 11.6 Å². The Hall–Kier alpha value is -2.93. The Kier molecular flexibility index (Phi) is 7.85. The number of fused-ring (bicyclic) bond motifs is 1. The maximum atomic E-state index is 12.4. The molecule has 36 heavy (non-hydrogen) atoms. The lowest BCUT2D eigenvalue weighted by Crippen LogP contribution is -2.47. The summed E-state index contributed by atoms with van der Waals surface area (Å²) in [4.78, 5) is 2.35. The Morgan fingerprint density at radius 1 is 0.972 bits per heavy atom. The third-order valence-corrected chi connectivity index (χ3v) is 7.77. The van der Waals surface area contributed by atoms with Gasteiger partial charge in [0.15, 0.2) is 0 Å². The van der Waals surface area contributed by atoms with Crippen molar-refractivity contribution in [3.63, 3.8) is 0 Å². The maximum absolute atomic E-state index is 12.4. The predicted molar refractivity (Wildman–Crippen MR) is 147 cm³/mol. The van der Waals surface area contributed by atoms with Gasteiger partial charge in [-0.25, -0.2) is 0 Å². The second kappa shape index (κ2) is 11.4. The van der Waals surface area contributed by atoms with Crippen LogP contribution in [-0.2, 0) is 19.3 Å². The number of nitrogens with zero attached hydrogens (tertiary/aromatic N) is 2. The summed E-state index contributed by atoms with van der Waals surface area (Å²) in [6.07, 6.45) is 5.13. The predicted octanol–water partition coefficient (Wildman–Crippen LogP) is 7.54. The fourth-order valence-electron chi connectivity index (χ4n) is 5.83. The smallest absolute Gasteiger partial charge is 0.0906 e. The number of likely N-dealkylation sites (tertiary alicyclic amines) is 1. The van der Waals surface area contributed by atoms with E-state index in [0.717, 1.165) is 56.4 Å². The van der Waals surface area contributed by atoms with Gasteiger partial charge in [0.05, 0.1) is 19.2 Å². The molecule has 0 bridgehead atoms. The molecule has 0 spiro atoms. The molecule has 0 amide bonds. The van der Waals surface area contributed by atoms with Gasteiger partial charge in [-0.1, -0.05) is 66.2 Å². The van der Waals surface area contributed by atoms with Crippen LogP contribution in [0.5, 0.6) is 0 Å². The average molecular weight is 499 g/mol. The molecule has 5 rings (SSSR count). The Bertz CT molecular complexity index is 1280. The topological polar surface area (TPSA) is 27.0 Å². The first-order valence-electron chi connectivity index (χ1n) is 13.0.